The molecule has 1 fully saturated rings. The molecule has 1 heterocycles. The van der Waals surface area contributed by atoms with Gasteiger partial charge in [-0.15, -0.1) is 0 Å². The van der Waals surface area contributed by atoms with Crippen LogP contribution in [0.25, 0.3) is 11.1 Å². The van der Waals surface area contributed by atoms with Crippen LogP contribution in [0.1, 0.15) is 96.5 Å². The van der Waals surface area contributed by atoms with E-state index in [4.69, 9.17) is 4.74 Å². The smallest absolute Gasteiger partial charge is 0.127 e. The van der Waals surface area contributed by atoms with Crippen molar-refractivity contribution in [3.8, 4) is 16.9 Å². The van der Waals surface area contributed by atoms with Crippen LogP contribution >= 0.6 is 0 Å². The third-order valence-corrected chi connectivity index (χ3v) is 7.09. The molecule has 0 aliphatic heterocycles. The number of unbranched alkanes of at least 4 members (excludes halogenated alkanes) is 3. The van der Waals surface area contributed by atoms with E-state index in [1.165, 1.54) is 74.5 Å². The molecule has 1 unspecified atom stereocenters. The Bertz CT molecular complexity index is 748. The molecule has 30 heavy (non-hydrogen) atoms. The molecule has 1 aliphatic carbocycles. The fourth-order valence-corrected chi connectivity index (χ4v) is 5.09. The molecule has 164 valence electrons. The third-order valence-electron chi connectivity index (χ3n) is 7.09. The average molecular weight is 408 g/mol. The van der Waals surface area contributed by atoms with Crippen molar-refractivity contribution in [2.75, 3.05) is 6.61 Å². The van der Waals surface area contributed by atoms with Crippen molar-refractivity contribution in [2.45, 2.75) is 90.9 Å². The van der Waals surface area contributed by atoms with Gasteiger partial charge in [0.2, 0.25) is 0 Å². The molecule has 2 nitrogen and oxygen atoms in total. The summed E-state index contributed by atoms with van der Waals surface area (Å²) < 4.78 is 6.21. The summed E-state index contributed by atoms with van der Waals surface area (Å²) in [5, 5.41) is 0. The van der Waals surface area contributed by atoms with E-state index in [9.17, 15) is 0 Å². The van der Waals surface area contributed by atoms with Gasteiger partial charge in [0.25, 0.3) is 0 Å². The van der Waals surface area contributed by atoms with E-state index in [0.29, 0.717) is 5.92 Å². The molecule has 1 atom stereocenters. The van der Waals surface area contributed by atoms with Crippen LogP contribution in [-0.2, 0) is 0 Å². The van der Waals surface area contributed by atoms with Crippen LogP contribution in [0.3, 0.4) is 0 Å². The summed E-state index contributed by atoms with van der Waals surface area (Å²) in [7, 11) is 0. The number of hydrogen-bond donors (Lipinski definition) is 0. The monoisotopic (exact) mass is 407 g/mol. The number of aromatic nitrogens is 1. The van der Waals surface area contributed by atoms with Crippen LogP contribution in [-0.4, -0.2) is 11.6 Å². The van der Waals surface area contributed by atoms with E-state index < -0.39 is 0 Å². The molecule has 1 aromatic heterocycles. The Kier molecular flexibility index (Phi) is 9.24. The molecule has 1 aliphatic rings. The van der Waals surface area contributed by atoms with Gasteiger partial charge in [-0.05, 0) is 60.3 Å². The highest BCUT2D eigenvalue weighted by Gasteiger charge is 2.27. The number of hydrogen-bond acceptors (Lipinski definition) is 2. The fourth-order valence-electron chi connectivity index (χ4n) is 5.09. The lowest BCUT2D eigenvalue weighted by Gasteiger charge is -2.33. The van der Waals surface area contributed by atoms with Crippen LogP contribution in [0.15, 0.2) is 42.7 Å². The summed E-state index contributed by atoms with van der Waals surface area (Å²) in [6.07, 6.45) is 17.3. The summed E-state index contributed by atoms with van der Waals surface area (Å²) >= 11 is 0. The predicted octanol–water partition coefficient (Wildman–Crippen LogP) is 8.42. The number of rotatable bonds is 11. The minimum atomic E-state index is 0.536. The third kappa shape index (κ3) is 6.09. The summed E-state index contributed by atoms with van der Waals surface area (Å²) in [4.78, 5) is 4.52. The minimum absolute atomic E-state index is 0.536. The molecule has 0 bridgehead atoms. The second kappa shape index (κ2) is 12.1. The first kappa shape index (κ1) is 22.8. The van der Waals surface area contributed by atoms with E-state index in [0.717, 1.165) is 30.6 Å². The molecular formula is C28H41NO. The number of nitrogens with zero attached hydrogens (tertiary/aromatic N) is 1. The molecule has 0 spiro atoms. The molecule has 2 heteroatoms. The van der Waals surface area contributed by atoms with Crippen LogP contribution in [0.4, 0.5) is 0 Å². The molecule has 0 saturated heterocycles. The molecule has 0 radical (unpaired) electrons. The zero-order chi connectivity index (χ0) is 21.2. The largest absolute Gasteiger partial charge is 0.493 e. The maximum Gasteiger partial charge on any atom is 0.127 e. The number of ether oxygens (including phenoxy) is 1. The molecule has 0 N–H and O–H groups in total. The first-order chi connectivity index (χ1) is 14.7. The lowest BCUT2D eigenvalue weighted by molar-refractivity contribution is 0.237. The van der Waals surface area contributed by atoms with Crippen molar-refractivity contribution in [1.29, 1.82) is 0 Å². The highest BCUT2D eigenvalue weighted by atomic mass is 16.5. The Morgan fingerprint density at radius 3 is 2.47 bits per heavy atom. The predicted molar refractivity (Wildman–Crippen MR) is 128 cm³/mol. The van der Waals surface area contributed by atoms with E-state index in [2.05, 4.69) is 62.3 Å². The zero-order valence-corrected chi connectivity index (χ0v) is 19.4. The van der Waals surface area contributed by atoms with Crippen molar-refractivity contribution in [1.82, 2.24) is 4.98 Å². The average Bonchev–Trinajstić information content (AvgIpc) is 2.81. The second-order valence-electron chi connectivity index (χ2n) is 9.23. The molecule has 3 rings (SSSR count). The SMILES string of the molecule is CCCCCOc1ccccc1-c1ccncc1C(C)C1CCC(CCCC)CC1. The van der Waals surface area contributed by atoms with Crippen molar-refractivity contribution in [2.24, 2.45) is 11.8 Å². The van der Waals surface area contributed by atoms with Gasteiger partial charge in [0, 0.05) is 18.0 Å². The highest BCUT2D eigenvalue weighted by molar-refractivity contribution is 5.73. The van der Waals surface area contributed by atoms with Gasteiger partial charge in [-0.3, -0.25) is 4.98 Å². The lowest BCUT2D eigenvalue weighted by Crippen LogP contribution is -2.19. The quantitative estimate of drug-likeness (QED) is 0.349. The number of benzene rings is 1. The summed E-state index contributed by atoms with van der Waals surface area (Å²) in [5.74, 6) is 3.27. The van der Waals surface area contributed by atoms with Crippen LogP contribution in [0, 0.1) is 11.8 Å². The fraction of sp³-hybridized carbons (Fsp3) is 0.607. The van der Waals surface area contributed by atoms with Gasteiger partial charge in [-0.25, -0.2) is 0 Å². The molecule has 1 aromatic carbocycles. The maximum atomic E-state index is 6.21. The molecular weight excluding hydrogens is 366 g/mol. The van der Waals surface area contributed by atoms with Crippen molar-refractivity contribution < 1.29 is 4.74 Å². The minimum Gasteiger partial charge on any atom is -0.493 e. The van der Waals surface area contributed by atoms with E-state index >= 15 is 0 Å². The Morgan fingerprint density at radius 1 is 0.933 bits per heavy atom. The first-order valence-electron chi connectivity index (χ1n) is 12.4. The Morgan fingerprint density at radius 2 is 1.70 bits per heavy atom. The summed E-state index contributed by atoms with van der Waals surface area (Å²) in [6, 6.07) is 10.7. The van der Waals surface area contributed by atoms with Crippen LogP contribution < -0.4 is 4.74 Å². The molecule has 0 amide bonds. The summed E-state index contributed by atoms with van der Waals surface area (Å²) in [6.45, 7) is 7.75. The number of para-hydroxylation sites is 1. The van der Waals surface area contributed by atoms with Gasteiger partial charge in [-0.2, -0.15) is 0 Å². The van der Waals surface area contributed by atoms with Crippen molar-refractivity contribution in [3.63, 3.8) is 0 Å². The Balaban J connectivity index is 1.74. The van der Waals surface area contributed by atoms with Crippen LogP contribution in [0.2, 0.25) is 0 Å². The Labute approximate surface area is 184 Å². The zero-order valence-electron chi connectivity index (χ0n) is 19.4. The van der Waals surface area contributed by atoms with Crippen molar-refractivity contribution in [3.05, 3.63) is 48.3 Å². The van der Waals surface area contributed by atoms with Gasteiger partial charge in [-0.1, -0.05) is 83.9 Å². The molecule has 1 saturated carbocycles. The normalized spacial score (nSPS) is 20.1. The lowest BCUT2D eigenvalue weighted by atomic mass is 9.72. The van der Waals surface area contributed by atoms with Gasteiger partial charge in [0.05, 0.1) is 6.61 Å². The van der Waals surface area contributed by atoms with Gasteiger partial charge >= 0.3 is 0 Å². The van der Waals surface area contributed by atoms with Gasteiger partial charge < -0.3 is 4.74 Å². The van der Waals surface area contributed by atoms with Gasteiger partial charge in [0.15, 0.2) is 0 Å². The second-order valence-corrected chi connectivity index (χ2v) is 9.23. The first-order valence-corrected chi connectivity index (χ1v) is 12.4. The van der Waals surface area contributed by atoms with E-state index in [-0.39, 0.29) is 0 Å². The summed E-state index contributed by atoms with van der Waals surface area (Å²) in [5.41, 5.74) is 3.91. The van der Waals surface area contributed by atoms with E-state index in [1.54, 1.807) is 0 Å². The maximum absolute atomic E-state index is 6.21. The number of pyridine rings is 1. The van der Waals surface area contributed by atoms with Crippen LogP contribution in [0.5, 0.6) is 5.75 Å². The Hall–Kier alpha value is -1.83. The van der Waals surface area contributed by atoms with Gasteiger partial charge in [0.1, 0.15) is 5.75 Å². The standard InChI is InChI=1S/C28H41NO/c1-4-6-10-20-30-28-13-9-8-12-26(28)25-18-19-29-21-27(25)22(3)24-16-14-23(15-17-24)11-7-5-2/h8-9,12-13,18-19,21-24H,4-7,10-11,14-17,20H2,1-3H3. The van der Waals surface area contributed by atoms with Crippen molar-refractivity contribution >= 4 is 0 Å². The molecule has 2 aromatic rings. The highest BCUT2D eigenvalue weighted by Crippen LogP contribution is 2.43. The van der Waals surface area contributed by atoms with E-state index in [1.807, 2.05) is 6.20 Å². The topological polar surface area (TPSA) is 22.1 Å².